The molecule has 128 valence electrons. The second-order valence-electron chi connectivity index (χ2n) is 7.10. The molecule has 0 spiro atoms. The number of benzene rings is 2. The summed E-state index contributed by atoms with van der Waals surface area (Å²) in [5.41, 5.74) is 2.50. The smallest absolute Gasteiger partial charge is 0.254 e. The summed E-state index contributed by atoms with van der Waals surface area (Å²) in [6.07, 6.45) is 1.83. The molecule has 0 aromatic heterocycles. The molecule has 4 rings (SSSR count). The standard InChI is InChI=1S/C21H22N2O2/c1-14-7-5-6-10-18(14)21(25)23-13-16-11-17(23)12-19(16)22-20(24)15-8-3-2-4-9-15/h2-10,16-17,19H,11-13H2,1H3,(H,22,24). The highest BCUT2D eigenvalue weighted by molar-refractivity contribution is 5.96. The number of amides is 2. The van der Waals surface area contributed by atoms with Crippen molar-refractivity contribution in [1.82, 2.24) is 10.2 Å². The second-order valence-corrected chi connectivity index (χ2v) is 7.10. The molecule has 1 heterocycles. The van der Waals surface area contributed by atoms with Crippen LogP contribution in [0.15, 0.2) is 54.6 Å². The van der Waals surface area contributed by atoms with Crippen LogP contribution < -0.4 is 5.32 Å². The van der Waals surface area contributed by atoms with Crippen molar-refractivity contribution >= 4 is 11.8 Å². The molecule has 1 aliphatic carbocycles. The lowest BCUT2D eigenvalue weighted by Crippen LogP contribution is -2.47. The number of carbonyl (C=O) groups excluding carboxylic acids is 2. The SMILES string of the molecule is Cc1ccccc1C(=O)N1CC2CC1CC2NC(=O)c1ccccc1. The third-order valence-electron chi connectivity index (χ3n) is 5.53. The zero-order valence-corrected chi connectivity index (χ0v) is 14.3. The molecular weight excluding hydrogens is 312 g/mol. The van der Waals surface area contributed by atoms with Gasteiger partial charge in [-0.25, -0.2) is 0 Å². The summed E-state index contributed by atoms with van der Waals surface area (Å²) < 4.78 is 0. The maximum absolute atomic E-state index is 12.8. The number of nitrogens with one attached hydrogen (secondary N) is 1. The highest BCUT2D eigenvalue weighted by Gasteiger charge is 2.47. The van der Waals surface area contributed by atoms with Gasteiger partial charge in [-0.1, -0.05) is 36.4 Å². The molecule has 2 fully saturated rings. The molecule has 2 aliphatic rings. The summed E-state index contributed by atoms with van der Waals surface area (Å²) in [5, 5.41) is 3.16. The van der Waals surface area contributed by atoms with Gasteiger partial charge in [-0.15, -0.1) is 0 Å². The molecule has 2 aromatic rings. The zero-order chi connectivity index (χ0) is 17.4. The monoisotopic (exact) mass is 334 g/mol. The van der Waals surface area contributed by atoms with Crippen LogP contribution in [0.2, 0.25) is 0 Å². The quantitative estimate of drug-likeness (QED) is 0.938. The average Bonchev–Trinajstić information content (AvgIpc) is 3.22. The van der Waals surface area contributed by atoms with Crippen LogP contribution in [-0.2, 0) is 0 Å². The van der Waals surface area contributed by atoms with Crippen LogP contribution in [0.3, 0.4) is 0 Å². The van der Waals surface area contributed by atoms with Crippen LogP contribution in [0.5, 0.6) is 0 Å². The largest absolute Gasteiger partial charge is 0.349 e. The average molecular weight is 334 g/mol. The van der Waals surface area contributed by atoms with E-state index in [0.29, 0.717) is 11.5 Å². The van der Waals surface area contributed by atoms with Crippen molar-refractivity contribution in [1.29, 1.82) is 0 Å². The molecule has 4 nitrogen and oxygen atoms in total. The van der Waals surface area contributed by atoms with Crippen molar-refractivity contribution in [3.8, 4) is 0 Å². The lowest BCUT2D eigenvalue weighted by Gasteiger charge is -2.32. The van der Waals surface area contributed by atoms with E-state index in [-0.39, 0.29) is 23.9 Å². The number of aryl methyl sites for hydroxylation is 1. The Morgan fingerprint density at radius 1 is 1.00 bits per heavy atom. The van der Waals surface area contributed by atoms with Crippen molar-refractivity contribution in [2.45, 2.75) is 31.8 Å². The summed E-state index contributed by atoms with van der Waals surface area (Å²) in [4.78, 5) is 27.2. The molecule has 1 aliphatic heterocycles. The van der Waals surface area contributed by atoms with Crippen molar-refractivity contribution in [3.63, 3.8) is 0 Å². The molecule has 4 heteroatoms. The fourth-order valence-electron chi connectivity index (χ4n) is 4.19. The molecule has 3 unspecified atom stereocenters. The molecule has 25 heavy (non-hydrogen) atoms. The minimum atomic E-state index is -0.0186. The van der Waals surface area contributed by atoms with Crippen LogP contribution in [0.4, 0.5) is 0 Å². The van der Waals surface area contributed by atoms with Gasteiger partial charge in [0.1, 0.15) is 0 Å². The second kappa shape index (κ2) is 6.36. The summed E-state index contributed by atoms with van der Waals surface area (Å²) in [5.74, 6) is 0.457. The van der Waals surface area contributed by atoms with E-state index in [1.165, 1.54) is 0 Å². The summed E-state index contributed by atoms with van der Waals surface area (Å²) in [7, 11) is 0. The van der Waals surface area contributed by atoms with Gasteiger partial charge in [-0.3, -0.25) is 9.59 Å². The Labute approximate surface area is 147 Å². The van der Waals surface area contributed by atoms with Crippen LogP contribution in [0, 0.1) is 12.8 Å². The van der Waals surface area contributed by atoms with Gasteiger partial charge in [0.15, 0.2) is 0 Å². The van der Waals surface area contributed by atoms with Gasteiger partial charge in [0.05, 0.1) is 0 Å². The summed E-state index contributed by atoms with van der Waals surface area (Å²) >= 11 is 0. The fraction of sp³-hybridized carbons (Fsp3) is 0.333. The Balaban J connectivity index is 1.41. The van der Waals surface area contributed by atoms with Crippen molar-refractivity contribution in [2.24, 2.45) is 5.92 Å². The first-order valence-corrected chi connectivity index (χ1v) is 8.86. The highest BCUT2D eigenvalue weighted by Crippen LogP contribution is 2.39. The topological polar surface area (TPSA) is 49.4 Å². The molecule has 3 atom stereocenters. The van der Waals surface area contributed by atoms with E-state index >= 15 is 0 Å². The Morgan fingerprint density at radius 2 is 1.72 bits per heavy atom. The van der Waals surface area contributed by atoms with Gasteiger partial charge in [0.25, 0.3) is 11.8 Å². The lowest BCUT2D eigenvalue weighted by molar-refractivity contribution is 0.0679. The minimum absolute atomic E-state index is 0.0186. The number of hydrogen-bond acceptors (Lipinski definition) is 2. The van der Waals surface area contributed by atoms with Gasteiger partial charge in [-0.05, 0) is 49.4 Å². The fourth-order valence-corrected chi connectivity index (χ4v) is 4.19. The van der Waals surface area contributed by atoms with Crippen LogP contribution in [-0.4, -0.2) is 35.3 Å². The van der Waals surface area contributed by atoms with Crippen molar-refractivity contribution < 1.29 is 9.59 Å². The first kappa shape index (κ1) is 15.9. The maximum Gasteiger partial charge on any atom is 0.254 e. The molecule has 0 radical (unpaired) electrons. The normalized spacial score (nSPS) is 24.4. The molecule has 2 aromatic carbocycles. The van der Waals surface area contributed by atoms with Crippen molar-refractivity contribution in [3.05, 3.63) is 71.3 Å². The van der Waals surface area contributed by atoms with Crippen LogP contribution in [0.25, 0.3) is 0 Å². The van der Waals surface area contributed by atoms with Gasteiger partial charge < -0.3 is 10.2 Å². The summed E-state index contributed by atoms with van der Waals surface area (Å²) in [6, 6.07) is 17.5. The number of piperidine rings is 1. The summed E-state index contributed by atoms with van der Waals surface area (Å²) in [6.45, 7) is 2.71. The van der Waals surface area contributed by atoms with Crippen LogP contribution >= 0.6 is 0 Å². The van der Waals surface area contributed by atoms with E-state index in [4.69, 9.17) is 0 Å². The number of carbonyl (C=O) groups is 2. The molecule has 2 amide bonds. The number of fused-ring (bicyclic) bond motifs is 2. The van der Waals surface area contributed by atoms with E-state index in [1.54, 1.807) is 0 Å². The van der Waals surface area contributed by atoms with Crippen molar-refractivity contribution in [2.75, 3.05) is 6.54 Å². The number of nitrogens with zero attached hydrogens (tertiary/aromatic N) is 1. The number of hydrogen-bond donors (Lipinski definition) is 1. The predicted molar refractivity (Wildman–Crippen MR) is 96.4 cm³/mol. The Hall–Kier alpha value is -2.62. The predicted octanol–water partition coefficient (Wildman–Crippen LogP) is 3.03. The van der Waals surface area contributed by atoms with E-state index in [0.717, 1.165) is 30.5 Å². The third-order valence-corrected chi connectivity index (χ3v) is 5.53. The van der Waals surface area contributed by atoms with Gasteiger partial charge in [0, 0.05) is 29.8 Å². The Kier molecular flexibility index (Phi) is 4.04. The lowest BCUT2D eigenvalue weighted by atomic mass is 10.0. The molecule has 1 saturated carbocycles. The minimum Gasteiger partial charge on any atom is -0.349 e. The van der Waals surface area contributed by atoms with Crippen LogP contribution in [0.1, 0.15) is 39.1 Å². The van der Waals surface area contributed by atoms with Gasteiger partial charge in [-0.2, -0.15) is 0 Å². The molecule has 2 bridgehead atoms. The van der Waals surface area contributed by atoms with Gasteiger partial charge >= 0.3 is 0 Å². The molecule has 1 N–H and O–H groups in total. The Bertz CT molecular complexity index is 803. The number of likely N-dealkylation sites (tertiary alicyclic amines) is 1. The molecule has 1 saturated heterocycles. The number of rotatable bonds is 3. The van der Waals surface area contributed by atoms with E-state index < -0.39 is 0 Å². The van der Waals surface area contributed by atoms with E-state index in [2.05, 4.69) is 5.32 Å². The maximum atomic E-state index is 12.8. The zero-order valence-electron chi connectivity index (χ0n) is 14.3. The van der Waals surface area contributed by atoms with Gasteiger partial charge in [0.2, 0.25) is 0 Å². The van der Waals surface area contributed by atoms with E-state index in [9.17, 15) is 9.59 Å². The third kappa shape index (κ3) is 2.93. The van der Waals surface area contributed by atoms with E-state index in [1.807, 2.05) is 66.4 Å². The molecular formula is C21H22N2O2. The first-order chi connectivity index (χ1) is 12.1. The first-order valence-electron chi connectivity index (χ1n) is 8.86. The Morgan fingerprint density at radius 3 is 2.40 bits per heavy atom. The highest BCUT2D eigenvalue weighted by atomic mass is 16.2.